The van der Waals surface area contributed by atoms with Crippen LogP contribution in [0.25, 0.3) is 0 Å². The number of ether oxygens (including phenoxy) is 1. The Morgan fingerprint density at radius 1 is 1.42 bits per heavy atom. The summed E-state index contributed by atoms with van der Waals surface area (Å²) < 4.78 is 6.95. The van der Waals surface area contributed by atoms with Gasteiger partial charge >= 0.3 is 0 Å². The maximum atomic E-state index is 12.5. The predicted molar refractivity (Wildman–Crippen MR) is 85.9 cm³/mol. The fourth-order valence-electron chi connectivity index (χ4n) is 2.97. The molecule has 0 aliphatic carbocycles. The Morgan fingerprint density at radius 2 is 2.25 bits per heavy atom. The molecule has 0 radical (unpaired) electrons. The normalized spacial score (nSPS) is 17.4. The average molecular weight is 330 g/mol. The fourth-order valence-corrected chi connectivity index (χ4v) is 2.97. The van der Waals surface area contributed by atoms with Gasteiger partial charge in [0, 0.05) is 45.8 Å². The second-order valence-electron chi connectivity index (χ2n) is 6.15. The molecular formula is C16H22N6O2. The van der Waals surface area contributed by atoms with E-state index in [0.29, 0.717) is 45.5 Å². The van der Waals surface area contributed by atoms with Crippen molar-refractivity contribution in [3.05, 3.63) is 11.4 Å². The first-order valence-electron chi connectivity index (χ1n) is 8.23. The Kier molecular flexibility index (Phi) is 4.90. The molecule has 0 fully saturated rings. The van der Waals surface area contributed by atoms with Crippen LogP contribution in [0.15, 0.2) is 10.2 Å². The highest BCUT2D eigenvalue weighted by Crippen LogP contribution is 2.37. The van der Waals surface area contributed by atoms with E-state index in [-0.39, 0.29) is 5.91 Å². The van der Waals surface area contributed by atoms with E-state index in [1.807, 2.05) is 9.58 Å². The molecule has 3 rings (SSSR count). The van der Waals surface area contributed by atoms with Crippen molar-refractivity contribution in [2.24, 2.45) is 10.2 Å². The van der Waals surface area contributed by atoms with Crippen LogP contribution in [-0.2, 0) is 29.0 Å². The van der Waals surface area contributed by atoms with Crippen LogP contribution in [0.5, 0.6) is 0 Å². The fraction of sp³-hybridized carbons (Fsp3) is 0.688. The van der Waals surface area contributed by atoms with Crippen LogP contribution in [0.2, 0.25) is 0 Å². The number of hydrogen-bond acceptors (Lipinski definition) is 6. The Balaban J connectivity index is 1.51. The van der Waals surface area contributed by atoms with Gasteiger partial charge in [0.25, 0.3) is 0 Å². The zero-order valence-electron chi connectivity index (χ0n) is 13.9. The number of terminal acetylenes is 1. The maximum absolute atomic E-state index is 12.5. The molecule has 24 heavy (non-hydrogen) atoms. The predicted octanol–water partition coefficient (Wildman–Crippen LogP) is 1.16. The van der Waals surface area contributed by atoms with Gasteiger partial charge in [-0.1, -0.05) is 5.21 Å². The molecule has 1 aromatic rings. The molecule has 3 heterocycles. The van der Waals surface area contributed by atoms with E-state index in [9.17, 15) is 4.79 Å². The summed E-state index contributed by atoms with van der Waals surface area (Å²) in [5, 5.41) is 16.5. The van der Waals surface area contributed by atoms with Gasteiger partial charge in [-0.25, -0.2) is 4.68 Å². The van der Waals surface area contributed by atoms with Gasteiger partial charge in [-0.15, -0.1) is 17.4 Å². The summed E-state index contributed by atoms with van der Waals surface area (Å²) in [4.78, 5) is 14.3. The van der Waals surface area contributed by atoms with Crippen molar-refractivity contribution in [1.29, 1.82) is 0 Å². The van der Waals surface area contributed by atoms with Crippen LogP contribution in [0.4, 0.5) is 0 Å². The third-order valence-electron chi connectivity index (χ3n) is 4.53. The quantitative estimate of drug-likeness (QED) is 0.670. The van der Waals surface area contributed by atoms with Crippen molar-refractivity contribution in [3.8, 4) is 12.3 Å². The lowest BCUT2D eigenvalue weighted by molar-refractivity contribution is -0.132. The molecule has 0 atom stereocenters. The lowest BCUT2D eigenvalue weighted by Crippen LogP contribution is -2.37. The van der Waals surface area contributed by atoms with Gasteiger partial charge in [0.05, 0.1) is 25.4 Å². The molecule has 0 spiro atoms. The summed E-state index contributed by atoms with van der Waals surface area (Å²) in [6.07, 6.45) is 8.50. The Morgan fingerprint density at radius 3 is 2.96 bits per heavy atom. The van der Waals surface area contributed by atoms with E-state index >= 15 is 0 Å². The van der Waals surface area contributed by atoms with Crippen molar-refractivity contribution in [3.63, 3.8) is 0 Å². The molecule has 0 N–H and O–H groups in total. The van der Waals surface area contributed by atoms with E-state index in [1.54, 1.807) is 7.11 Å². The standard InChI is InChI=1S/C16H22N6O2/c1-3-4-7-16(18-19-16)8-5-15(23)21-9-6-14-13(12-21)17-20-22(14)10-11-24-2/h1H,4-12H2,2H3. The molecule has 0 saturated heterocycles. The lowest BCUT2D eigenvalue weighted by Gasteiger charge is -2.26. The monoisotopic (exact) mass is 330 g/mol. The number of hydrogen-bond donors (Lipinski definition) is 0. The molecule has 0 unspecified atom stereocenters. The van der Waals surface area contributed by atoms with Gasteiger partial charge in [0.15, 0.2) is 5.66 Å². The van der Waals surface area contributed by atoms with Crippen LogP contribution in [0.1, 0.15) is 37.1 Å². The molecule has 0 bridgehead atoms. The van der Waals surface area contributed by atoms with Crippen LogP contribution < -0.4 is 0 Å². The molecule has 128 valence electrons. The zero-order chi connectivity index (χ0) is 17.0. The smallest absolute Gasteiger partial charge is 0.223 e. The molecule has 8 nitrogen and oxygen atoms in total. The summed E-state index contributed by atoms with van der Waals surface area (Å²) in [6.45, 7) is 2.50. The van der Waals surface area contributed by atoms with Gasteiger partial charge in [-0.2, -0.15) is 10.2 Å². The third kappa shape index (κ3) is 3.62. The molecule has 1 amide bonds. The molecule has 2 aliphatic rings. The number of fused-ring (bicyclic) bond motifs is 1. The minimum absolute atomic E-state index is 0.115. The van der Waals surface area contributed by atoms with Gasteiger partial charge in [0.1, 0.15) is 5.69 Å². The Labute approximate surface area is 141 Å². The first-order chi connectivity index (χ1) is 11.7. The van der Waals surface area contributed by atoms with Crippen molar-refractivity contribution in [2.45, 2.75) is 50.9 Å². The molecule has 0 aromatic carbocycles. The van der Waals surface area contributed by atoms with E-state index in [1.165, 1.54) is 0 Å². The molecule has 1 aromatic heterocycles. The molecule has 0 saturated carbocycles. The first kappa shape index (κ1) is 16.6. The van der Waals surface area contributed by atoms with Crippen LogP contribution in [-0.4, -0.2) is 51.7 Å². The molecule has 8 heteroatoms. The van der Waals surface area contributed by atoms with Gasteiger partial charge in [-0.3, -0.25) is 4.79 Å². The highest BCUT2D eigenvalue weighted by molar-refractivity contribution is 5.76. The summed E-state index contributed by atoms with van der Waals surface area (Å²) in [6, 6.07) is 0. The number of aromatic nitrogens is 3. The summed E-state index contributed by atoms with van der Waals surface area (Å²) in [7, 11) is 1.67. The second kappa shape index (κ2) is 7.09. The van der Waals surface area contributed by atoms with Gasteiger partial charge in [0.2, 0.25) is 5.91 Å². The van der Waals surface area contributed by atoms with Crippen molar-refractivity contribution in [2.75, 3.05) is 20.3 Å². The lowest BCUT2D eigenvalue weighted by atomic mass is 10.0. The largest absolute Gasteiger partial charge is 0.383 e. The Hall–Kier alpha value is -2.27. The van der Waals surface area contributed by atoms with Gasteiger partial charge < -0.3 is 9.64 Å². The van der Waals surface area contributed by atoms with Crippen molar-refractivity contribution in [1.82, 2.24) is 19.9 Å². The summed E-state index contributed by atoms with van der Waals surface area (Å²) in [5.74, 6) is 2.72. The summed E-state index contributed by atoms with van der Waals surface area (Å²) >= 11 is 0. The van der Waals surface area contributed by atoms with E-state index in [2.05, 4.69) is 26.5 Å². The van der Waals surface area contributed by atoms with Crippen molar-refractivity contribution < 1.29 is 9.53 Å². The number of carbonyl (C=O) groups is 1. The number of nitrogens with zero attached hydrogens (tertiary/aromatic N) is 6. The van der Waals surface area contributed by atoms with Crippen molar-refractivity contribution >= 4 is 5.91 Å². The highest BCUT2D eigenvalue weighted by atomic mass is 16.5. The average Bonchev–Trinajstić information content (AvgIpc) is 3.27. The zero-order valence-corrected chi connectivity index (χ0v) is 13.9. The minimum atomic E-state index is -0.397. The SMILES string of the molecule is C#CCCC1(CCC(=O)N2CCc3c(nnn3CCOC)C2)N=N1. The van der Waals surface area contributed by atoms with Crippen LogP contribution >= 0.6 is 0 Å². The minimum Gasteiger partial charge on any atom is -0.383 e. The van der Waals surface area contributed by atoms with Crippen LogP contribution in [0, 0.1) is 12.3 Å². The van der Waals surface area contributed by atoms with E-state index in [0.717, 1.165) is 24.2 Å². The highest BCUT2D eigenvalue weighted by Gasteiger charge is 2.39. The maximum Gasteiger partial charge on any atom is 0.223 e. The van der Waals surface area contributed by atoms with Gasteiger partial charge in [-0.05, 0) is 0 Å². The van der Waals surface area contributed by atoms with E-state index in [4.69, 9.17) is 11.2 Å². The third-order valence-corrected chi connectivity index (χ3v) is 4.53. The van der Waals surface area contributed by atoms with E-state index < -0.39 is 5.66 Å². The molecular weight excluding hydrogens is 308 g/mol. The summed E-state index contributed by atoms with van der Waals surface area (Å²) in [5.41, 5.74) is 1.59. The van der Waals surface area contributed by atoms with Crippen LogP contribution in [0.3, 0.4) is 0 Å². The number of carbonyl (C=O) groups excluding carboxylic acids is 1. The first-order valence-corrected chi connectivity index (χ1v) is 8.23. The number of methoxy groups -OCH3 is 1. The topological polar surface area (TPSA) is 85.0 Å². The molecule has 2 aliphatic heterocycles. The number of rotatable bonds is 8. The Bertz CT molecular complexity index is 669. The number of amides is 1. The second-order valence-corrected chi connectivity index (χ2v) is 6.15.